The van der Waals surface area contributed by atoms with E-state index in [9.17, 15) is 4.79 Å². The Balaban J connectivity index is 2.50. The average molecular weight is 191 g/mol. The maximum Gasteiger partial charge on any atom is 0.414 e. The quantitative estimate of drug-likeness (QED) is 0.683. The Kier molecular flexibility index (Phi) is 2.15. The number of fused-ring (bicyclic) bond motifs is 1. The van der Waals surface area contributed by atoms with Crippen LogP contribution in [0, 0.1) is 0 Å². The second kappa shape index (κ2) is 3.33. The molecule has 3 heteroatoms. The molecule has 14 heavy (non-hydrogen) atoms. The van der Waals surface area contributed by atoms with Gasteiger partial charge in [0.05, 0.1) is 5.69 Å². The Morgan fingerprint density at radius 1 is 1.43 bits per heavy atom. The first kappa shape index (κ1) is 9.06. The van der Waals surface area contributed by atoms with Crippen molar-refractivity contribution in [3.63, 3.8) is 0 Å². The van der Waals surface area contributed by atoms with Gasteiger partial charge >= 0.3 is 6.09 Å². The molecule has 1 aliphatic rings. The molecule has 0 N–H and O–H groups in total. The number of rotatable bonds is 1. The van der Waals surface area contributed by atoms with Crippen LogP contribution in [-0.2, 0) is 4.74 Å². The number of amides is 1. The van der Waals surface area contributed by atoms with Crippen LogP contribution in [0.5, 0.6) is 0 Å². The van der Waals surface area contributed by atoms with Crippen LogP contribution in [0.2, 0.25) is 0 Å². The van der Waals surface area contributed by atoms with Crippen LogP contribution in [0.1, 0.15) is 25.5 Å². The Morgan fingerprint density at radius 3 is 2.86 bits per heavy atom. The highest BCUT2D eigenvalue weighted by molar-refractivity contribution is 5.90. The van der Waals surface area contributed by atoms with Gasteiger partial charge in [0.15, 0.2) is 0 Å². The van der Waals surface area contributed by atoms with Crippen LogP contribution < -0.4 is 4.90 Å². The summed E-state index contributed by atoms with van der Waals surface area (Å²) >= 11 is 0. The predicted octanol–water partition coefficient (Wildman–Crippen LogP) is 2.72. The van der Waals surface area contributed by atoms with Crippen molar-refractivity contribution in [1.29, 1.82) is 0 Å². The van der Waals surface area contributed by atoms with Crippen LogP contribution in [0.4, 0.5) is 10.5 Å². The van der Waals surface area contributed by atoms with Crippen LogP contribution in [0.3, 0.4) is 0 Å². The fourth-order valence-electron chi connectivity index (χ4n) is 1.75. The zero-order valence-electron chi connectivity index (χ0n) is 8.36. The number of benzene rings is 1. The molecule has 2 rings (SSSR count). The van der Waals surface area contributed by atoms with Gasteiger partial charge in [0, 0.05) is 12.1 Å². The molecule has 1 aliphatic heterocycles. The number of hydrogen-bond acceptors (Lipinski definition) is 2. The van der Waals surface area contributed by atoms with Crippen molar-refractivity contribution in [2.45, 2.75) is 20.0 Å². The number of carbonyl (C=O) groups excluding carboxylic acids is 1. The second-order valence-electron chi connectivity index (χ2n) is 3.33. The number of nitrogens with zero attached hydrogens (tertiary/aromatic N) is 1. The first-order valence-corrected chi connectivity index (χ1v) is 4.81. The fourth-order valence-corrected chi connectivity index (χ4v) is 1.75. The minimum atomic E-state index is -0.251. The minimum absolute atomic E-state index is 0.138. The van der Waals surface area contributed by atoms with E-state index in [1.165, 1.54) is 0 Å². The molecule has 0 spiro atoms. The van der Waals surface area contributed by atoms with Gasteiger partial charge in [-0.15, -0.1) is 0 Å². The third-order valence-electron chi connectivity index (χ3n) is 2.48. The van der Waals surface area contributed by atoms with Crippen molar-refractivity contribution in [1.82, 2.24) is 0 Å². The summed E-state index contributed by atoms with van der Waals surface area (Å²) in [5.41, 5.74) is 2.05. The number of hydrogen-bond donors (Lipinski definition) is 0. The maximum absolute atomic E-state index is 11.5. The fraction of sp³-hybridized carbons (Fsp3) is 0.364. The van der Waals surface area contributed by atoms with Gasteiger partial charge in [0.25, 0.3) is 0 Å². The largest absolute Gasteiger partial charge is 0.441 e. The number of ether oxygens (including phenoxy) is 1. The highest BCUT2D eigenvalue weighted by Crippen LogP contribution is 2.33. The van der Waals surface area contributed by atoms with Crippen LogP contribution in [-0.4, -0.2) is 12.6 Å². The Hall–Kier alpha value is -1.51. The molecule has 0 aliphatic carbocycles. The molecule has 1 unspecified atom stereocenters. The molecular weight excluding hydrogens is 178 g/mol. The van der Waals surface area contributed by atoms with E-state index in [1.807, 2.05) is 38.1 Å². The molecule has 1 aromatic carbocycles. The minimum Gasteiger partial charge on any atom is -0.441 e. The summed E-state index contributed by atoms with van der Waals surface area (Å²) in [6, 6.07) is 7.85. The smallest absolute Gasteiger partial charge is 0.414 e. The van der Waals surface area contributed by atoms with E-state index in [1.54, 1.807) is 4.90 Å². The van der Waals surface area contributed by atoms with Gasteiger partial charge in [0.1, 0.15) is 6.10 Å². The van der Waals surface area contributed by atoms with Crippen molar-refractivity contribution in [3.8, 4) is 0 Å². The van der Waals surface area contributed by atoms with Crippen LogP contribution in [0.15, 0.2) is 24.3 Å². The number of carbonyl (C=O) groups is 1. The predicted molar refractivity (Wildman–Crippen MR) is 54.4 cm³/mol. The summed E-state index contributed by atoms with van der Waals surface area (Å²) in [7, 11) is 0. The summed E-state index contributed by atoms with van der Waals surface area (Å²) < 4.78 is 5.20. The molecule has 1 atom stereocenters. The summed E-state index contributed by atoms with van der Waals surface area (Å²) in [4.78, 5) is 13.2. The molecule has 74 valence electrons. The average Bonchev–Trinajstić information content (AvgIpc) is 2.18. The van der Waals surface area contributed by atoms with Gasteiger partial charge in [-0.05, 0) is 19.9 Å². The summed E-state index contributed by atoms with van der Waals surface area (Å²) in [5, 5.41) is 0. The molecule has 1 aromatic rings. The molecule has 3 nitrogen and oxygen atoms in total. The first-order valence-electron chi connectivity index (χ1n) is 4.81. The van der Waals surface area contributed by atoms with E-state index < -0.39 is 0 Å². The summed E-state index contributed by atoms with van der Waals surface area (Å²) in [6.45, 7) is 4.47. The summed E-state index contributed by atoms with van der Waals surface area (Å²) in [5.74, 6) is 0. The van der Waals surface area contributed by atoms with Crippen molar-refractivity contribution >= 4 is 11.8 Å². The number of cyclic esters (lactones) is 1. The van der Waals surface area contributed by atoms with Crippen molar-refractivity contribution in [2.75, 3.05) is 11.4 Å². The molecule has 1 amide bonds. The van der Waals surface area contributed by atoms with Gasteiger partial charge in [0.2, 0.25) is 0 Å². The van der Waals surface area contributed by atoms with Gasteiger partial charge in [-0.1, -0.05) is 18.2 Å². The summed E-state index contributed by atoms with van der Waals surface area (Å²) in [6.07, 6.45) is -0.389. The molecule has 0 radical (unpaired) electrons. The lowest BCUT2D eigenvalue weighted by atomic mass is 10.1. The topological polar surface area (TPSA) is 29.5 Å². The molecular formula is C11H13NO2. The lowest BCUT2D eigenvalue weighted by Crippen LogP contribution is -2.36. The normalized spacial score (nSPS) is 20.3. The van der Waals surface area contributed by atoms with E-state index in [4.69, 9.17) is 4.74 Å². The third kappa shape index (κ3) is 1.25. The van der Waals surface area contributed by atoms with E-state index in [2.05, 4.69) is 0 Å². The lowest BCUT2D eigenvalue weighted by molar-refractivity contribution is 0.108. The van der Waals surface area contributed by atoms with Crippen molar-refractivity contribution in [2.24, 2.45) is 0 Å². The Bertz CT molecular complexity index is 362. The zero-order valence-corrected chi connectivity index (χ0v) is 8.36. The van der Waals surface area contributed by atoms with Crippen molar-refractivity contribution in [3.05, 3.63) is 29.8 Å². The zero-order chi connectivity index (χ0) is 10.1. The Morgan fingerprint density at radius 2 is 2.14 bits per heavy atom. The first-order chi connectivity index (χ1) is 6.74. The van der Waals surface area contributed by atoms with E-state index in [-0.39, 0.29) is 12.2 Å². The maximum atomic E-state index is 11.5. The van der Waals surface area contributed by atoms with E-state index >= 15 is 0 Å². The highest BCUT2D eigenvalue weighted by atomic mass is 16.6. The molecule has 0 fully saturated rings. The molecule has 0 bridgehead atoms. The number of anilines is 1. The molecule has 0 aromatic heterocycles. The SMILES string of the molecule is CCN1C(=O)OC(C)c2ccccc21. The number of para-hydroxylation sites is 1. The van der Waals surface area contributed by atoms with Gasteiger partial charge in [-0.3, -0.25) is 4.90 Å². The monoisotopic (exact) mass is 191 g/mol. The van der Waals surface area contributed by atoms with Gasteiger partial charge < -0.3 is 4.74 Å². The molecule has 0 saturated heterocycles. The van der Waals surface area contributed by atoms with Crippen molar-refractivity contribution < 1.29 is 9.53 Å². The standard InChI is InChI=1S/C11H13NO2/c1-3-12-10-7-5-4-6-9(10)8(2)14-11(12)13/h4-8H,3H2,1-2H3. The van der Waals surface area contributed by atoms with E-state index in [0.29, 0.717) is 6.54 Å². The Labute approximate surface area is 83.3 Å². The highest BCUT2D eigenvalue weighted by Gasteiger charge is 2.28. The molecule has 0 saturated carbocycles. The lowest BCUT2D eigenvalue weighted by Gasteiger charge is -2.31. The van der Waals surface area contributed by atoms with Gasteiger partial charge in [-0.2, -0.15) is 0 Å². The second-order valence-corrected chi connectivity index (χ2v) is 3.33. The van der Waals surface area contributed by atoms with Gasteiger partial charge in [-0.25, -0.2) is 4.79 Å². The van der Waals surface area contributed by atoms with Crippen LogP contribution in [0.25, 0.3) is 0 Å². The third-order valence-corrected chi connectivity index (χ3v) is 2.48. The van der Waals surface area contributed by atoms with E-state index in [0.717, 1.165) is 11.3 Å². The molecule has 1 heterocycles. The van der Waals surface area contributed by atoms with Crippen LogP contribution >= 0.6 is 0 Å².